The van der Waals surface area contributed by atoms with Gasteiger partial charge in [-0.05, 0) is 6.42 Å². The van der Waals surface area contributed by atoms with Crippen LogP contribution in [0.3, 0.4) is 0 Å². The van der Waals surface area contributed by atoms with E-state index in [4.69, 9.17) is 5.11 Å². The Morgan fingerprint density at radius 3 is 2.86 bits per heavy atom. The van der Waals surface area contributed by atoms with Crippen LogP contribution < -0.4 is 5.32 Å². The van der Waals surface area contributed by atoms with Crippen LogP contribution in [0.25, 0.3) is 0 Å². The summed E-state index contributed by atoms with van der Waals surface area (Å²) in [5, 5.41) is 13.8. The predicted octanol–water partition coefficient (Wildman–Crippen LogP) is 1.56. The van der Waals surface area contributed by atoms with E-state index in [9.17, 15) is 9.59 Å². The lowest BCUT2D eigenvalue weighted by Gasteiger charge is -2.07. The summed E-state index contributed by atoms with van der Waals surface area (Å²) >= 11 is 1.27. The van der Waals surface area contributed by atoms with Crippen LogP contribution in [0.1, 0.15) is 44.9 Å². The minimum atomic E-state index is -1.04. The summed E-state index contributed by atoms with van der Waals surface area (Å²) in [7, 11) is 0. The lowest BCUT2D eigenvalue weighted by Crippen LogP contribution is -2.27. The van der Waals surface area contributed by atoms with Crippen molar-refractivity contribution in [3.63, 3.8) is 0 Å². The minimum absolute atomic E-state index is 0.0352. The fourth-order valence-corrected chi connectivity index (χ4v) is 2.65. The molecule has 116 valence electrons. The highest BCUT2D eigenvalue weighted by atomic mass is 32.1. The van der Waals surface area contributed by atoms with Crippen molar-refractivity contribution >= 4 is 23.2 Å². The zero-order valence-electron chi connectivity index (χ0n) is 12.1. The second kappa shape index (κ2) is 7.60. The third-order valence-corrected chi connectivity index (χ3v) is 3.83. The number of aryl methyl sites for hydroxylation is 1. The monoisotopic (exact) mass is 320 g/mol. The number of carboxylic acids is 1. The Hall–Kier alpha value is -2.35. The second-order valence-corrected chi connectivity index (χ2v) is 5.51. The van der Waals surface area contributed by atoms with Crippen molar-refractivity contribution in [2.75, 3.05) is 6.54 Å². The van der Waals surface area contributed by atoms with Gasteiger partial charge in [0.25, 0.3) is 5.91 Å². The van der Waals surface area contributed by atoms with Crippen LogP contribution in [0.5, 0.6) is 0 Å². The van der Waals surface area contributed by atoms with E-state index >= 15 is 0 Å². The van der Waals surface area contributed by atoms with Gasteiger partial charge < -0.3 is 10.4 Å². The molecular formula is C14H16N4O3S. The predicted molar refractivity (Wildman–Crippen MR) is 81.1 cm³/mol. The Kier molecular flexibility index (Phi) is 5.54. The topological polar surface area (TPSA) is 105 Å². The van der Waals surface area contributed by atoms with Gasteiger partial charge in [0.05, 0.1) is 16.3 Å². The fraction of sp³-hybridized carbons (Fsp3) is 0.357. The Balaban J connectivity index is 1.91. The maximum atomic E-state index is 12.1. The molecule has 2 aromatic rings. The molecule has 2 rings (SSSR count). The van der Waals surface area contributed by atoms with Gasteiger partial charge >= 0.3 is 5.97 Å². The Morgan fingerprint density at radius 1 is 1.36 bits per heavy atom. The molecule has 2 heterocycles. The molecule has 0 bridgehead atoms. The molecule has 0 atom stereocenters. The van der Waals surface area contributed by atoms with E-state index in [0.717, 1.165) is 18.5 Å². The molecule has 22 heavy (non-hydrogen) atoms. The van der Waals surface area contributed by atoms with Gasteiger partial charge in [0.2, 0.25) is 0 Å². The number of nitrogens with one attached hydrogen (secondary N) is 1. The van der Waals surface area contributed by atoms with Gasteiger partial charge in [0, 0.05) is 24.5 Å². The van der Waals surface area contributed by atoms with Crippen LogP contribution in [0.15, 0.2) is 17.9 Å². The van der Waals surface area contributed by atoms with E-state index in [-0.39, 0.29) is 11.6 Å². The number of carbonyl (C=O) groups is 2. The number of rotatable bonds is 7. The SMILES string of the molecule is CCCc1ncncc1C(=O)NCCc1nc(C(=O)O)cs1. The molecule has 0 aliphatic rings. The zero-order valence-corrected chi connectivity index (χ0v) is 12.9. The number of amides is 1. The summed E-state index contributed by atoms with van der Waals surface area (Å²) in [6.45, 7) is 2.40. The van der Waals surface area contributed by atoms with Crippen molar-refractivity contribution in [1.82, 2.24) is 20.3 Å². The molecule has 2 aromatic heterocycles. The maximum Gasteiger partial charge on any atom is 0.355 e. The molecule has 0 radical (unpaired) electrons. The lowest BCUT2D eigenvalue weighted by molar-refractivity contribution is 0.0690. The first-order valence-corrected chi connectivity index (χ1v) is 7.74. The number of carboxylic acid groups (broad SMARTS) is 1. The van der Waals surface area contributed by atoms with E-state index in [0.29, 0.717) is 23.5 Å². The Labute approximate surface area is 131 Å². The number of nitrogens with zero attached hydrogens (tertiary/aromatic N) is 3. The largest absolute Gasteiger partial charge is 0.476 e. The van der Waals surface area contributed by atoms with Gasteiger partial charge in [0.15, 0.2) is 5.69 Å². The lowest BCUT2D eigenvalue weighted by atomic mass is 10.1. The van der Waals surface area contributed by atoms with Gasteiger partial charge in [-0.3, -0.25) is 4.79 Å². The number of carbonyl (C=O) groups excluding carboxylic acids is 1. The van der Waals surface area contributed by atoms with Crippen molar-refractivity contribution in [2.45, 2.75) is 26.2 Å². The maximum absolute atomic E-state index is 12.1. The summed E-state index contributed by atoms with van der Waals surface area (Å²) in [5.74, 6) is -1.27. The van der Waals surface area contributed by atoms with Crippen molar-refractivity contribution in [3.05, 3.63) is 39.9 Å². The average Bonchev–Trinajstić information content (AvgIpc) is 2.97. The first-order chi connectivity index (χ1) is 10.6. The molecule has 0 unspecified atom stereocenters. The summed E-state index contributed by atoms with van der Waals surface area (Å²) in [4.78, 5) is 34.9. The normalized spacial score (nSPS) is 10.4. The summed E-state index contributed by atoms with van der Waals surface area (Å²) in [6.07, 6.45) is 5.05. The molecule has 0 saturated heterocycles. The molecule has 0 spiro atoms. The van der Waals surface area contributed by atoms with E-state index in [1.54, 1.807) is 0 Å². The van der Waals surface area contributed by atoms with E-state index < -0.39 is 5.97 Å². The van der Waals surface area contributed by atoms with Gasteiger partial charge in [-0.25, -0.2) is 19.7 Å². The minimum Gasteiger partial charge on any atom is -0.476 e. The number of aromatic nitrogens is 3. The molecule has 0 fully saturated rings. The van der Waals surface area contributed by atoms with Gasteiger partial charge in [-0.15, -0.1) is 11.3 Å². The molecule has 7 nitrogen and oxygen atoms in total. The van der Waals surface area contributed by atoms with Gasteiger partial charge in [-0.2, -0.15) is 0 Å². The van der Waals surface area contributed by atoms with Crippen LogP contribution in [0.2, 0.25) is 0 Å². The highest BCUT2D eigenvalue weighted by molar-refractivity contribution is 7.09. The summed E-state index contributed by atoms with van der Waals surface area (Å²) in [5.41, 5.74) is 1.25. The van der Waals surface area contributed by atoms with Gasteiger partial charge in [0.1, 0.15) is 6.33 Å². The van der Waals surface area contributed by atoms with Crippen LogP contribution in [-0.2, 0) is 12.8 Å². The quantitative estimate of drug-likeness (QED) is 0.802. The van der Waals surface area contributed by atoms with Crippen LogP contribution in [-0.4, -0.2) is 38.5 Å². The van der Waals surface area contributed by atoms with Crippen molar-refractivity contribution in [3.8, 4) is 0 Å². The molecule has 0 aliphatic carbocycles. The average molecular weight is 320 g/mol. The third-order valence-electron chi connectivity index (χ3n) is 2.92. The second-order valence-electron chi connectivity index (χ2n) is 4.57. The fourth-order valence-electron chi connectivity index (χ4n) is 1.88. The molecule has 0 aliphatic heterocycles. The highest BCUT2D eigenvalue weighted by Crippen LogP contribution is 2.10. The number of thiazole rings is 1. The van der Waals surface area contributed by atoms with Crippen molar-refractivity contribution < 1.29 is 14.7 Å². The van der Waals surface area contributed by atoms with E-state index in [1.165, 1.54) is 29.2 Å². The van der Waals surface area contributed by atoms with E-state index in [1.807, 2.05) is 6.92 Å². The van der Waals surface area contributed by atoms with Crippen molar-refractivity contribution in [1.29, 1.82) is 0 Å². The summed E-state index contributed by atoms with van der Waals surface area (Å²) < 4.78 is 0. The molecule has 8 heteroatoms. The smallest absolute Gasteiger partial charge is 0.355 e. The number of aromatic carboxylic acids is 1. The van der Waals surface area contributed by atoms with Crippen molar-refractivity contribution in [2.24, 2.45) is 0 Å². The first kappa shape index (κ1) is 16.0. The Bertz CT molecular complexity index is 672. The van der Waals surface area contributed by atoms with E-state index in [2.05, 4.69) is 20.3 Å². The molecule has 2 N–H and O–H groups in total. The molecule has 0 saturated carbocycles. The third kappa shape index (κ3) is 4.08. The molecule has 0 aromatic carbocycles. The van der Waals surface area contributed by atoms with Crippen LogP contribution in [0, 0.1) is 0 Å². The van der Waals surface area contributed by atoms with Crippen LogP contribution in [0.4, 0.5) is 0 Å². The first-order valence-electron chi connectivity index (χ1n) is 6.86. The zero-order chi connectivity index (χ0) is 15.9. The number of hydrogen-bond acceptors (Lipinski definition) is 6. The highest BCUT2D eigenvalue weighted by Gasteiger charge is 2.13. The summed E-state index contributed by atoms with van der Waals surface area (Å²) in [6, 6.07) is 0. The molecular weight excluding hydrogens is 304 g/mol. The number of hydrogen-bond donors (Lipinski definition) is 2. The standard InChI is InChI=1S/C14H16N4O3S/c1-2-3-10-9(6-15-8-17-10)13(19)16-5-4-12-18-11(7-22-12)14(20)21/h6-8H,2-5H2,1H3,(H,16,19)(H,20,21). The van der Waals surface area contributed by atoms with Crippen LogP contribution >= 0.6 is 11.3 Å². The van der Waals surface area contributed by atoms with Gasteiger partial charge in [-0.1, -0.05) is 13.3 Å². The Morgan fingerprint density at radius 2 is 2.18 bits per heavy atom. The molecule has 1 amide bonds.